The molecule has 6 heteroatoms. The van der Waals surface area contributed by atoms with Gasteiger partial charge in [0.15, 0.2) is 0 Å². The summed E-state index contributed by atoms with van der Waals surface area (Å²) in [5.41, 5.74) is 0. The third kappa shape index (κ3) is 278. The number of hydrogen-bond donors (Lipinski definition) is 4. The van der Waals surface area contributed by atoms with Crippen LogP contribution in [0.5, 0.6) is 0 Å². The molecule has 4 nitrogen and oxygen atoms in total. The summed E-state index contributed by atoms with van der Waals surface area (Å²) < 4.78 is 3.25. The van der Waals surface area contributed by atoms with E-state index in [-0.39, 0.29) is 67.3 Å². The molecule has 0 aliphatic rings. The van der Waals surface area contributed by atoms with Crippen molar-refractivity contribution in [2.75, 3.05) is 0 Å². The molecule has 0 amide bonds. The number of aliphatic hydroxyl groups is 4. The average molecular weight is 521 g/mol. The van der Waals surface area contributed by atoms with Crippen molar-refractivity contribution in [1.82, 2.24) is 0 Å². The van der Waals surface area contributed by atoms with Gasteiger partial charge in [-0.3, -0.25) is 0 Å². The van der Waals surface area contributed by atoms with Crippen LogP contribution in [0, 0.1) is 0 Å². The second-order valence-electron chi connectivity index (χ2n) is 6.83. The maximum Gasteiger partial charge on any atom is 0 e. The topological polar surface area (TPSA) is 80.9 Å². The molecule has 0 saturated heterocycles. The molecule has 0 bridgehead atoms. The summed E-state index contributed by atoms with van der Waals surface area (Å²) in [6.45, 7) is 18.4. The number of rotatable bonds is 6. The summed E-state index contributed by atoms with van der Waals surface area (Å²) >= 11 is 0.149. The van der Waals surface area contributed by atoms with E-state index >= 15 is 0 Å². The Labute approximate surface area is 190 Å². The smallest absolute Gasteiger partial charge is 0 e. The molecule has 0 rings (SSSR count). The first-order valence-electron chi connectivity index (χ1n) is 9.77. The Morgan fingerprint density at radius 1 is 0.538 bits per heavy atom. The van der Waals surface area contributed by atoms with E-state index < -0.39 is 0 Å². The van der Waals surface area contributed by atoms with E-state index in [1.165, 1.54) is 25.7 Å². The van der Waals surface area contributed by atoms with Crippen molar-refractivity contribution in [1.29, 1.82) is 0 Å². The van der Waals surface area contributed by atoms with Gasteiger partial charge in [0.25, 0.3) is 0 Å². The van der Waals surface area contributed by atoms with Gasteiger partial charge in [-0.25, -0.2) is 0 Å². The number of unbranched alkanes of at least 4 members (excludes halogenated alkanes) is 2. The minimum absolute atomic E-state index is 0. The van der Waals surface area contributed by atoms with E-state index in [1.54, 1.807) is 64.3 Å². The van der Waals surface area contributed by atoms with Crippen molar-refractivity contribution < 1.29 is 42.1 Å². The molecule has 0 fully saturated rings. The van der Waals surface area contributed by atoms with Crippen molar-refractivity contribution in [2.45, 2.75) is 128 Å². The van der Waals surface area contributed by atoms with Crippen LogP contribution < -0.4 is 0 Å². The largest absolute Gasteiger partial charge is 0 e. The van der Waals surface area contributed by atoms with Gasteiger partial charge in [0.05, 0.1) is 0 Å². The maximum atomic E-state index is 8.06. The van der Waals surface area contributed by atoms with Crippen LogP contribution in [-0.4, -0.2) is 66.0 Å². The molecule has 0 aromatic rings. The molecule has 162 valence electrons. The molecular formula is C20H50O4SnTi. The summed E-state index contributed by atoms with van der Waals surface area (Å²) in [6.07, 6.45) is 5.17. The third-order valence-electron chi connectivity index (χ3n) is 1.41. The quantitative estimate of drug-likeness (QED) is 0.303. The van der Waals surface area contributed by atoms with Crippen LogP contribution in [-0.2, 0) is 21.7 Å². The number of hydrogen-bond acceptors (Lipinski definition) is 4. The Kier molecular flexibility index (Phi) is 65.5. The van der Waals surface area contributed by atoms with E-state index in [1.807, 2.05) is 0 Å². The zero-order valence-corrected chi connectivity index (χ0v) is 23.8. The van der Waals surface area contributed by atoms with Gasteiger partial charge in [0.1, 0.15) is 0 Å². The predicted molar refractivity (Wildman–Crippen MR) is 115 cm³/mol. The van der Waals surface area contributed by atoms with Crippen LogP contribution in [0.25, 0.3) is 0 Å². The molecule has 0 aliphatic heterocycles. The van der Waals surface area contributed by atoms with Crippen LogP contribution >= 0.6 is 0 Å². The summed E-state index contributed by atoms with van der Waals surface area (Å²) in [6, 6.07) is 0. The zero-order chi connectivity index (χ0) is 21.3. The van der Waals surface area contributed by atoms with Crippen molar-refractivity contribution in [2.24, 2.45) is 0 Å². The molecule has 4 N–H and O–H groups in total. The fourth-order valence-corrected chi connectivity index (χ4v) is 4.89. The van der Waals surface area contributed by atoms with E-state index in [0.717, 1.165) is 0 Å². The second-order valence-corrected chi connectivity index (χ2v) is 11.1. The zero-order valence-electron chi connectivity index (χ0n) is 19.3. The van der Waals surface area contributed by atoms with Crippen molar-refractivity contribution in [3.63, 3.8) is 0 Å². The van der Waals surface area contributed by atoms with Gasteiger partial charge < -0.3 is 20.4 Å². The molecule has 0 heterocycles. The van der Waals surface area contributed by atoms with E-state index in [4.69, 9.17) is 20.4 Å². The summed E-state index contributed by atoms with van der Waals surface area (Å²) in [5, 5.41) is 32.2. The Morgan fingerprint density at radius 2 is 0.692 bits per heavy atom. The van der Waals surface area contributed by atoms with E-state index in [9.17, 15) is 0 Å². The molecule has 0 aliphatic carbocycles. The number of aliphatic hydroxyl groups excluding tert-OH is 4. The van der Waals surface area contributed by atoms with Crippen molar-refractivity contribution in [3.8, 4) is 0 Å². The predicted octanol–water partition coefficient (Wildman–Crippen LogP) is 4.67. The Hall–Kier alpha value is 1.35. The monoisotopic (exact) mass is 522 g/mol. The molecule has 0 unspecified atom stereocenters. The van der Waals surface area contributed by atoms with Crippen molar-refractivity contribution >= 4 is 21.1 Å². The molecule has 2 radical (unpaired) electrons. The minimum Gasteiger partial charge on any atom is 0 e. The van der Waals surface area contributed by atoms with Crippen LogP contribution in [0.4, 0.5) is 0 Å². The first kappa shape index (κ1) is 41.7. The SMILES string of the molecule is CC(C)O.CC(C)O.CC(C)O.CC(C)O.CCC[CH2][Sn][CH2]CCC.[Ti]. The molecule has 26 heavy (non-hydrogen) atoms. The minimum atomic E-state index is -0.167. The standard InChI is InChI=1S/2C4H9.4C3H8O.Sn.Ti/c2*1-3-4-2;4*1-3(2)4;;/h2*1,3-4H2,2H3;4*3-4H,1-2H3;;. The normalized spacial score (nSPS) is 9.00. The first-order chi connectivity index (χ1) is 11.3. The summed E-state index contributed by atoms with van der Waals surface area (Å²) in [4.78, 5) is 0. The Balaban J connectivity index is -0.0000000508. The average Bonchev–Trinajstić information content (AvgIpc) is 2.36. The van der Waals surface area contributed by atoms with Gasteiger partial charge in [0.2, 0.25) is 0 Å². The molecule has 0 aromatic heterocycles. The first-order valence-corrected chi connectivity index (χ1v) is 13.8. The van der Waals surface area contributed by atoms with Crippen LogP contribution in [0.1, 0.15) is 94.9 Å². The third-order valence-corrected chi connectivity index (χ3v) is 5.45. The van der Waals surface area contributed by atoms with Gasteiger partial charge in [-0.1, -0.05) is 0 Å². The maximum absolute atomic E-state index is 8.06. The summed E-state index contributed by atoms with van der Waals surface area (Å²) in [5.74, 6) is 0. The van der Waals surface area contributed by atoms with E-state index in [0.29, 0.717) is 0 Å². The van der Waals surface area contributed by atoms with Gasteiger partial charge >= 0.3 is 69.5 Å². The molecule has 0 spiro atoms. The molecule has 0 saturated carbocycles. The van der Waals surface area contributed by atoms with Crippen LogP contribution in [0.2, 0.25) is 8.87 Å². The fraction of sp³-hybridized carbons (Fsp3) is 1.00. The second kappa shape index (κ2) is 40.9. The van der Waals surface area contributed by atoms with Gasteiger partial charge in [-0.15, -0.1) is 0 Å². The fourth-order valence-electron chi connectivity index (χ4n) is 0.729. The molecular weight excluding hydrogens is 471 g/mol. The van der Waals surface area contributed by atoms with Crippen LogP contribution in [0.3, 0.4) is 0 Å². The van der Waals surface area contributed by atoms with Gasteiger partial charge in [0, 0.05) is 46.1 Å². The molecule has 0 atom stereocenters. The summed E-state index contributed by atoms with van der Waals surface area (Å²) in [7, 11) is 0. The van der Waals surface area contributed by atoms with E-state index in [2.05, 4.69) is 13.8 Å². The van der Waals surface area contributed by atoms with Gasteiger partial charge in [-0.05, 0) is 55.4 Å². The van der Waals surface area contributed by atoms with Crippen molar-refractivity contribution in [3.05, 3.63) is 0 Å². The Bertz CT molecular complexity index is 140. The van der Waals surface area contributed by atoms with Gasteiger partial charge in [-0.2, -0.15) is 0 Å². The Morgan fingerprint density at radius 3 is 0.808 bits per heavy atom. The molecule has 0 aromatic carbocycles. The van der Waals surface area contributed by atoms with Crippen LogP contribution in [0.15, 0.2) is 0 Å².